The maximum absolute atomic E-state index is 11.7. The van der Waals surface area contributed by atoms with Gasteiger partial charge in [0.25, 0.3) is 0 Å². The first-order valence-corrected chi connectivity index (χ1v) is 13.8. The van der Waals surface area contributed by atoms with Crippen molar-refractivity contribution in [2.75, 3.05) is 12.9 Å². The lowest BCUT2D eigenvalue weighted by Gasteiger charge is -2.60. The minimum Gasteiger partial charge on any atom is -0.490 e. The van der Waals surface area contributed by atoms with E-state index >= 15 is 0 Å². The van der Waals surface area contributed by atoms with E-state index < -0.39 is 9.84 Å². The Morgan fingerprint density at radius 3 is 2.55 bits per heavy atom. The monoisotopic (exact) mass is 444 g/mol. The van der Waals surface area contributed by atoms with E-state index in [0.29, 0.717) is 40.1 Å². The summed E-state index contributed by atoms with van der Waals surface area (Å²) < 4.78 is 36.1. The number of hydrogen-bond acceptors (Lipinski definition) is 4. The van der Waals surface area contributed by atoms with Crippen LogP contribution in [0.15, 0.2) is 41.3 Å². The molecule has 8 atom stereocenters. The summed E-state index contributed by atoms with van der Waals surface area (Å²) in [5.74, 6) is 3.53. The molecule has 1 aromatic rings. The molecule has 3 aliphatic carbocycles. The lowest BCUT2D eigenvalue weighted by atomic mass is 9.47. The minimum absolute atomic E-state index is 0.164. The Kier molecular flexibility index (Phi) is 5.10. The summed E-state index contributed by atoms with van der Waals surface area (Å²) in [6.07, 6.45) is 12.4. The lowest BCUT2D eigenvalue weighted by Crippen LogP contribution is -2.56. The van der Waals surface area contributed by atoms with Crippen LogP contribution in [0.3, 0.4) is 0 Å². The highest BCUT2D eigenvalue weighted by Gasteiger charge is 2.60. The number of fused-ring (bicyclic) bond motifs is 5. The van der Waals surface area contributed by atoms with E-state index in [1.807, 2.05) is 12.1 Å². The van der Waals surface area contributed by atoms with E-state index in [-0.39, 0.29) is 11.5 Å². The van der Waals surface area contributed by atoms with Gasteiger partial charge in [0.2, 0.25) is 0 Å². The Hall–Kier alpha value is -1.33. The van der Waals surface area contributed by atoms with E-state index in [0.717, 1.165) is 31.6 Å². The highest BCUT2D eigenvalue weighted by Crippen LogP contribution is 2.65. The van der Waals surface area contributed by atoms with Gasteiger partial charge in [-0.3, -0.25) is 0 Å². The van der Waals surface area contributed by atoms with Gasteiger partial charge in [-0.2, -0.15) is 0 Å². The summed E-state index contributed by atoms with van der Waals surface area (Å²) in [5.41, 5.74) is 0.492. The molecule has 0 bridgehead atoms. The number of benzene rings is 1. The standard InChI is InChI=1S/C26H36O4S/c1-17-14-23-26(3,11-5-13-29-23)21-10-12-25(2)16-19(15-22(25)24(17)21)30-18-6-8-20(9-7-18)31(4,27)28/h5-9,11,17,19,21-24H,10,12-16H2,1-4H3/t17-,19-,21-,22-,23+,24+,25+,26+/m0/s1. The van der Waals surface area contributed by atoms with Crippen LogP contribution in [0.4, 0.5) is 0 Å². The number of sulfone groups is 1. The van der Waals surface area contributed by atoms with Gasteiger partial charge in [0, 0.05) is 11.7 Å². The van der Waals surface area contributed by atoms with Crippen molar-refractivity contribution in [3.05, 3.63) is 36.4 Å². The first-order valence-electron chi connectivity index (χ1n) is 11.9. The maximum Gasteiger partial charge on any atom is 0.175 e. The predicted octanol–water partition coefficient (Wildman–Crippen LogP) is 5.28. The smallest absolute Gasteiger partial charge is 0.175 e. The van der Waals surface area contributed by atoms with Crippen LogP contribution >= 0.6 is 0 Å². The molecule has 0 spiro atoms. The van der Waals surface area contributed by atoms with Crippen LogP contribution in [0.5, 0.6) is 5.75 Å². The summed E-state index contributed by atoms with van der Waals surface area (Å²) >= 11 is 0. The summed E-state index contributed by atoms with van der Waals surface area (Å²) in [4.78, 5) is 0.344. The molecule has 3 fully saturated rings. The molecular weight excluding hydrogens is 408 g/mol. The second-order valence-corrected chi connectivity index (χ2v) is 13.2. The molecule has 31 heavy (non-hydrogen) atoms. The average Bonchev–Trinajstić information content (AvgIpc) is 3.04. The van der Waals surface area contributed by atoms with Crippen molar-refractivity contribution in [3.63, 3.8) is 0 Å². The fraction of sp³-hybridized carbons (Fsp3) is 0.692. The molecule has 5 heteroatoms. The van der Waals surface area contributed by atoms with Crippen LogP contribution in [0.1, 0.15) is 52.9 Å². The van der Waals surface area contributed by atoms with Crippen LogP contribution in [0, 0.1) is 34.5 Å². The number of rotatable bonds is 3. The van der Waals surface area contributed by atoms with Gasteiger partial charge < -0.3 is 9.47 Å². The Labute approximate surface area is 187 Å². The first-order chi connectivity index (χ1) is 14.6. The second kappa shape index (κ2) is 7.34. The molecule has 170 valence electrons. The molecule has 5 rings (SSSR count). The average molecular weight is 445 g/mol. The zero-order chi connectivity index (χ0) is 22.0. The van der Waals surface area contributed by atoms with Crippen molar-refractivity contribution in [2.45, 2.75) is 70.0 Å². The Balaban J connectivity index is 1.36. The van der Waals surface area contributed by atoms with Gasteiger partial charge in [0.15, 0.2) is 9.84 Å². The highest BCUT2D eigenvalue weighted by molar-refractivity contribution is 7.90. The molecule has 4 aliphatic rings. The van der Waals surface area contributed by atoms with Crippen LogP contribution < -0.4 is 4.74 Å². The Bertz CT molecular complexity index is 968. The van der Waals surface area contributed by atoms with Gasteiger partial charge in [-0.15, -0.1) is 0 Å². The van der Waals surface area contributed by atoms with Gasteiger partial charge in [-0.25, -0.2) is 8.42 Å². The SMILES string of the molecule is C[C@H]1C[C@H]2OCC=C[C@]2(C)[C@H]2CC[C@]3(C)C[C@@H](Oc4ccc(S(C)(=O)=O)cc4)C[C@H]3[C@H]12. The topological polar surface area (TPSA) is 52.6 Å². The first kappa shape index (κ1) is 21.5. The maximum atomic E-state index is 11.7. The van der Waals surface area contributed by atoms with Crippen molar-refractivity contribution in [2.24, 2.45) is 34.5 Å². The van der Waals surface area contributed by atoms with Crippen molar-refractivity contribution in [3.8, 4) is 5.75 Å². The van der Waals surface area contributed by atoms with E-state index in [4.69, 9.17) is 9.47 Å². The normalized spacial score (nSPS) is 44.3. The predicted molar refractivity (Wildman–Crippen MR) is 122 cm³/mol. The molecule has 0 radical (unpaired) electrons. The summed E-state index contributed by atoms with van der Waals surface area (Å²) in [5, 5.41) is 0. The van der Waals surface area contributed by atoms with Crippen molar-refractivity contribution < 1.29 is 17.9 Å². The van der Waals surface area contributed by atoms with Crippen LogP contribution in [-0.4, -0.2) is 33.5 Å². The summed E-state index contributed by atoms with van der Waals surface area (Å²) in [6, 6.07) is 6.93. The minimum atomic E-state index is -3.18. The lowest BCUT2D eigenvalue weighted by molar-refractivity contribution is -0.146. The molecule has 1 heterocycles. The van der Waals surface area contributed by atoms with Gasteiger partial charge in [-0.05, 0) is 85.5 Å². The van der Waals surface area contributed by atoms with E-state index in [2.05, 4.69) is 32.9 Å². The van der Waals surface area contributed by atoms with Crippen molar-refractivity contribution in [1.29, 1.82) is 0 Å². The molecule has 1 aliphatic heterocycles. The van der Waals surface area contributed by atoms with Gasteiger partial charge in [-0.1, -0.05) is 32.9 Å². The van der Waals surface area contributed by atoms with Crippen molar-refractivity contribution in [1.82, 2.24) is 0 Å². The third-order valence-electron chi connectivity index (χ3n) is 9.22. The molecule has 0 saturated heterocycles. The third kappa shape index (κ3) is 3.56. The zero-order valence-corrected chi connectivity index (χ0v) is 20.0. The third-order valence-corrected chi connectivity index (χ3v) is 10.4. The largest absolute Gasteiger partial charge is 0.490 e. The number of ether oxygens (including phenoxy) is 2. The summed E-state index contributed by atoms with van der Waals surface area (Å²) in [6.45, 7) is 8.13. The van der Waals surface area contributed by atoms with Gasteiger partial charge in [0.05, 0.1) is 23.7 Å². The van der Waals surface area contributed by atoms with Crippen molar-refractivity contribution >= 4 is 9.84 Å². The quantitative estimate of drug-likeness (QED) is 0.595. The summed E-state index contributed by atoms with van der Waals surface area (Å²) in [7, 11) is -3.18. The second-order valence-electron chi connectivity index (χ2n) is 11.2. The van der Waals surface area contributed by atoms with Gasteiger partial charge >= 0.3 is 0 Å². The van der Waals surface area contributed by atoms with Crippen LogP contribution in [-0.2, 0) is 14.6 Å². The molecule has 3 saturated carbocycles. The molecule has 1 aromatic carbocycles. The number of hydrogen-bond donors (Lipinski definition) is 0. The van der Waals surface area contributed by atoms with Crippen LogP contribution in [0.2, 0.25) is 0 Å². The molecule has 0 aromatic heterocycles. The Morgan fingerprint density at radius 1 is 1.10 bits per heavy atom. The fourth-order valence-corrected chi connectivity index (χ4v) is 8.33. The molecule has 0 amide bonds. The molecule has 4 nitrogen and oxygen atoms in total. The fourth-order valence-electron chi connectivity index (χ4n) is 7.70. The van der Waals surface area contributed by atoms with E-state index in [1.54, 1.807) is 12.1 Å². The van der Waals surface area contributed by atoms with E-state index in [9.17, 15) is 8.42 Å². The van der Waals surface area contributed by atoms with Gasteiger partial charge in [0.1, 0.15) is 5.75 Å². The molecule has 0 unspecified atom stereocenters. The highest BCUT2D eigenvalue weighted by atomic mass is 32.2. The zero-order valence-electron chi connectivity index (χ0n) is 19.2. The molecule has 0 N–H and O–H groups in total. The molecular formula is C26H36O4S. The van der Waals surface area contributed by atoms with E-state index in [1.165, 1.54) is 19.1 Å². The van der Waals surface area contributed by atoms with Crippen LogP contribution in [0.25, 0.3) is 0 Å². The Morgan fingerprint density at radius 2 is 1.84 bits per heavy atom.